The second-order valence-electron chi connectivity index (χ2n) is 5.55. The highest BCUT2D eigenvalue weighted by atomic mass is 14.7. The number of hydrogen-bond donors (Lipinski definition) is 1. The summed E-state index contributed by atoms with van der Waals surface area (Å²) >= 11 is 0. The second-order valence-corrected chi connectivity index (χ2v) is 5.55. The third-order valence-corrected chi connectivity index (χ3v) is 4.24. The lowest BCUT2D eigenvalue weighted by atomic mass is 9.91. The van der Waals surface area contributed by atoms with E-state index in [1.807, 2.05) is 12.2 Å². The molecule has 2 atom stereocenters. The minimum atomic E-state index is 0.275. The van der Waals surface area contributed by atoms with Crippen molar-refractivity contribution in [3.8, 4) is 0 Å². The fourth-order valence-electron chi connectivity index (χ4n) is 2.72. The van der Waals surface area contributed by atoms with E-state index in [2.05, 4.69) is 46.4 Å². The van der Waals surface area contributed by atoms with Gasteiger partial charge in [-0.05, 0) is 38.7 Å². The Morgan fingerprint density at radius 2 is 2.06 bits per heavy atom. The van der Waals surface area contributed by atoms with Gasteiger partial charge >= 0.3 is 0 Å². The molecule has 0 aliphatic heterocycles. The molecule has 0 bridgehead atoms. The van der Waals surface area contributed by atoms with Crippen LogP contribution in [0.1, 0.15) is 40.5 Å². The molecule has 0 aromatic rings. The normalized spacial score (nSPS) is 27.4. The van der Waals surface area contributed by atoms with E-state index < -0.39 is 0 Å². The molecule has 1 saturated carbocycles. The molecule has 0 spiro atoms. The molecule has 0 heterocycles. The number of hydrogen-bond acceptors (Lipinski definition) is 1. The SMILES string of the molecule is C=C/C=C\C(/C=C(\C)C1(CN)CC1CC)=C(C)C. The Labute approximate surface area is 112 Å². The van der Waals surface area contributed by atoms with Gasteiger partial charge in [0, 0.05) is 12.0 Å². The van der Waals surface area contributed by atoms with Gasteiger partial charge in [-0.2, -0.15) is 0 Å². The highest BCUT2D eigenvalue weighted by molar-refractivity contribution is 5.40. The summed E-state index contributed by atoms with van der Waals surface area (Å²) in [5.74, 6) is 0.778. The third-order valence-electron chi connectivity index (χ3n) is 4.24. The van der Waals surface area contributed by atoms with E-state index in [9.17, 15) is 0 Å². The van der Waals surface area contributed by atoms with Gasteiger partial charge < -0.3 is 5.73 Å². The molecule has 18 heavy (non-hydrogen) atoms. The summed E-state index contributed by atoms with van der Waals surface area (Å²) in [7, 11) is 0. The van der Waals surface area contributed by atoms with Crippen molar-refractivity contribution in [2.24, 2.45) is 17.1 Å². The maximum Gasteiger partial charge on any atom is 0.00664 e. The highest BCUT2D eigenvalue weighted by Crippen LogP contribution is 2.58. The van der Waals surface area contributed by atoms with Crippen molar-refractivity contribution in [2.45, 2.75) is 40.5 Å². The van der Waals surface area contributed by atoms with Crippen LogP contribution in [0.2, 0.25) is 0 Å². The second kappa shape index (κ2) is 6.19. The molecule has 2 unspecified atom stereocenters. The largest absolute Gasteiger partial charge is 0.330 e. The number of nitrogens with two attached hydrogens (primary N) is 1. The topological polar surface area (TPSA) is 26.0 Å². The fourth-order valence-corrected chi connectivity index (χ4v) is 2.72. The zero-order valence-corrected chi connectivity index (χ0v) is 12.3. The number of allylic oxidation sites excluding steroid dienone is 6. The molecule has 100 valence electrons. The molecule has 0 aromatic carbocycles. The van der Waals surface area contributed by atoms with Crippen molar-refractivity contribution in [2.75, 3.05) is 6.54 Å². The molecule has 1 aliphatic rings. The van der Waals surface area contributed by atoms with Crippen LogP contribution < -0.4 is 5.73 Å². The van der Waals surface area contributed by atoms with Crippen molar-refractivity contribution in [1.82, 2.24) is 0 Å². The van der Waals surface area contributed by atoms with Gasteiger partial charge in [0.1, 0.15) is 0 Å². The lowest BCUT2D eigenvalue weighted by Crippen LogP contribution is -2.19. The first kappa shape index (κ1) is 15.0. The first-order valence-corrected chi connectivity index (χ1v) is 6.87. The Kier molecular flexibility index (Phi) is 5.15. The number of rotatable bonds is 6. The maximum absolute atomic E-state index is 6.00. The van der Waals surface area contributed by atoms with Crippen molar-refractivity contribution < 1.29 is 0 Å². The summed E-state index contributed by atoms with van der Waals surface area (Å²) in [4.78, 5) is 0. The maximum atomic E-state index is 6.00. The predicted molar refractivity (Wildman–Crippen MR) is 81.4 cm³/mol. The lowest BCUT2D eigenvalue weighted by Gasteiger charge is -2.16. The van der Waals surface area contributed by atoms with Gasteiger partial charge in [-0.25, -0.2) is 0 Å². The van der Waals surface area contributed by atoms with E-state index in [0.717, 1.165) is 12.5 Å². The summed E-state index contributed by atoms with van der Waals surface area (Å²) < 4.78 is 0. The molecular weight excluding hydrogens is 218 g/mol. The smallest absolute Gasteiger partial charge is 0.00664 e. The average Bonchev–Trinajstić information content (AvgIpc) is 3.08. The Hall–Kier alpha value is -1.08. The minimum Gasteiger partial charge on any atom is -0.330 e. The van der Waals surface area contributed by atoms with Crippen LogP contribution in [-0.4, -0.2) is 6.54 Å². The zero-order valence-electron chi connectivity index (χ0n) is 12.3. The van der Waals surface area contributed by atoms with Gasteiger partial charge in [-0.1, -0.05) is 55.4 Å². The van der Waals surface area contributed by atoms with Gasteiger partial charge in [0.2, 0.25) is 0 Å². The Morgan fingerprint density at radius 3 is 2.44 bits per heavy atom. The van der Waals surface area contributed by atoms with E-state index in [-0.39, 0.29) is 5.41 Å². The van der Waals surface area contributed by atoms with Crippen LogP contribution in [0.4, 0.5) is 0 Å². The molecule has 1 heteroatoms. The standard InChI is InChI=1S/C17H27N/c1-6-8-9-15(13(3)4)10-14(5)17(12-18)11-16(17)7-2/h6,8-10,16H,1,7,11-12,18H2,2-5H3/b9-8-,14-10+. The van der Waals surface area contributed by atoms with Crippen LogP contribution in [0.5, 0.6) is 0 Å². The first-order chi connectivity index (χ1) is 8.51. The Morgan fingerprint density at radius 1 is 1.39 bits per heavy atom. The summed E-state index contributed by atoms with van der Waals surface area (Å²) in [5.41, 5.74) is 10.3. The van der Waals surface area contributed by atoms with Crippen molar-refractivity contribution in [1.29, 1.82) is 0 Å². The van der Waals surface area contributed by atoms with E-state index >= 15 is 0 Å². The van der Waals surface area contributed by atoms with Crippen LogP contribution >= 0.6 is 0 Å². The monoisotopic (exact) mass is 245 g/mol. The van der Waals surface area contributed by atoms with E-state index in [1.165, 1.54) is 29.6 Å². The molecule has 0 radical (unpaired) electrons. The van der Waals surface area contributed by atoms with E-state index in [4.69, 9.17) is 5.73 Å². The van der Waals surface area contributed by atoms with Crippen LogP contribution in [-0.2, 0) is 0 Å². The minimum absolute atomic E-state index is 0.275. The van der Waals surface area contributed by atoms with Gasteiger partial charge in [0.15, 0.2) is 0 Å². The molecule has 1 aliphatic carbocycles. The van der Waals surface area contributed by atoms with Crippen molar-refractivity contribution in [3.63, 3.8) is 0 Å². The van der Waals surface area contributed by atoms with Gasteiger partial charge in [-0.15, -0.1) is 0 Å². The zero-order chi connectivity index (χ0) is 13.8. The van der Waals surface area contributed by atoms with Crippen LogP contribution in [0.3, 0.4) is 0 Å². The Balaban J connectivity index is 2.97. The average molecular weight is 245 g/mol. The van der Waals surface area contributed by atoms with Gasteiger partial charge in [0.25, 0.3) is 0 Å². The molecule has 0 amide bonds. The summed E-state index contributed by atoms with van der Waals surface area (Å²) in [6.07, 6.45) is 10.7. The molecule has 0 saturated heterocycles. The van der Waals surface area contributed by atoms with E-state index in [0.29, 0.717) is 0 Å². The van der Waals surface area contributed by atoms with Crippen molar-refractivity contribution >= 4 is 0 Å². The van der Waals surface area contributed by atoms with E-state index in [1.54, 1.807) is 0 Å². The summed E-state index contributed by atoms with van der Waals surface area (Å²) in [6, 6.07) is 0. The molecule has 1 fully saturated rings. The molecule has 2 N–H and O–H groups in total. The molecular formula is C17H27N. The highest BCUT2D eigenvalue weighted by Gasteiger charge is 2.52. The predicted octanol–water partition coefficient (Wildman–Crippen LogP) is 4.39. The van der Waals surface area contributed by atoms with Crippen LogP contribution in [0.15, 0.2) is 47.6 Å². The van der Waals surface area contributed by atoms with Crippen LogP contribution in [0, 0.1) is 11.3 Å². The summed E-state index contributed by atoms with van der Waals surface area (Å²) in [6.45, 7) is 13.3. The van der Waals surface area contributed by atoms with Gasteiger partial charge in [-0.3, -0.25) is 0 Å². The fraction of sp³-hybridized carbons (Fsp3) is 0.529. The van der Waals surface area contributed by atoms with Crippen molar-refractivity contribution in [3.05, 3.63) is 47.6 Å². The third kappa shape index (κ3) is 3.02. The lowest BCUT2D eigenvalue weighted by molar-refractivity contribution is 0.535. The molecule has 0 aromatic heterocycles. The van der Waals surface area contributed by atoms with Gasteiger partial charge in [0.05, 0.1) is 0 Å². The summed E-state index contributed by atoms with van der Waals surface area (Å²) in [5, 5.41) is 0. The Bertz CT molecular complexity index is 394. The first-order valence-electron chi connectivity index (χ1n) is 6.87. The molecule has 1 rings (SSSR count). The molecule has 1 nitrogen and oxygen atoms in total. The quantitative estimate of drug-likeness (QED) is 0.690. The van der Waals surface area contributed by atoms with Crippen LogP contribution in [0.25, 0.3) is 0 Å².